The second-order valence-corrected chi connectivity index (χ2v) is 6.22. The molecule has 132 valence electrons. The molecule has 1 aromatic heterocycles. The first kappa shape index (κ1) is 17.4. The lowest BCUT2D eigenvalue weighted by Crippen LogP contribution is -2.34. The summed E-state index contributed by atoms with van der Waals surface area (Å²) < 4.78 is 0. The average Bonchev–Trinajstić information content (AvgIpc) is 3.09. The third-order valence-electron chi connectivity index (χ3n) is 4.78. The molecule has 1 amide bonds. The molecular formula is C20H26N4O. The molecule has 25 heavy (non-hydrogen) atoms. The third-order valence-corrected chi connectivity index (χ3v) is 4.78. The molecule has 3 rings (SSSR count). The highest BCUT2D eigenvalue weighted by Crippen LogP contribution is 2.32. The van der Waals surface area contributed by atoms with E-state index in [1.165, 1.54) is 11.3 Å². The van der Waals surface area contributed by atoms with Gasteiger partial charge in [0.05, 0.1) is 5.56 Å². The molecule has 0 spiro atoms. The number of hydrogen-bond donors (Lipinski definition) is 1. The van der Waals surface area contributed by atoms with Gasteiger partial charge in [0, 0.05) is 31.5 Å². The first-order chi connectivity index (χ1) is 12.2. The van der Waals surface area contributed by atoms with E-state index in [0.717, 1.165) is 38.4 Å². The molecule has 1 aliphatic heterocycles. The molecular weight excluding hydrogens is 312 g/mol. The van der Waals surface area contributed by atoms with E-state index >= 15 is 0 Å². The van der Waals surface area contributed by atoms with Crippen molar-refractivity contribution in [3.8, 4) is 0 Å². The van der Waals surface area contributed by atoms with Crippen molar-refractivity contribution < 1.29 is 4.79 Å². The summed E-state index contributed by atoms with van der Waals surface area (Å²) in [6.45, 7) is 8.72. The van der Waals surface area contributed by atoms with Crippen LogP contribution in [0.25, 0.3) is 0 Å². The SMILES string of the molecule is CCN(CC)CCNC(=O)c1ccc(N2CCc3ccccc32)nc1. The van der Waals surface area contributed by atoms with Gasteiger partial charge in [-0.1, -0.05) is 32.0 Å². The van der Waals surface area contributed by atoms with Gasteiger partial charge >= 0.3 is 0 Å². The van der Waals surface area contributed by atoms with E-state index in [4.69, 9.17) is 0 Å². The number of nitrogens with one attached hydrogen (secondary N) is 1. The number of nitrogens with zero attached hydrogens (tertiary/aromatic N) is 3. The van der Waals surface area contributed by atoms with Crippen molar-refractivity contribution in [1.29, 1.82) is 0 Å². The zero-order valence-corrected chi connectivity index (χ0v) is 15.0. The number of carbonyl (C=O) groups excluding carboxylic acids is 1. The Kier molecular flexibility index (Phi) is 5.66. The molecule has 0 unspecified atom stereocenters. The molecule has 0 saturated heterocycles. The van der Waals surface area contributed by atoms with E-state index in [2.05, 4.69) is 58.2 Å². The van der Waals surface area contributed by atoms with E-state index in [1.807, 2.05) is 12.1 Å². The zero-order valence-electron chi connectivity index (χ0n) is 15.0. The van der Waals surface area contributed by atoms with Gasteiger partial charge in [-0.05, 0) is 43.3 Å². The van der Waals surface area contributed by atoms with Gasteiger partial charge in [-0.25, -0.2) is 4.98 Å². The maximum absolute atomic E-state index is 12.3. The number of fused-ring (bicyclic) bond motifs is 1. The lowest BCUT2D eigenvalue weighted by atomic mass is 10.2. The number of hydrogen-bond acceptors (Lipinski definition) is 4. The van der Waals surface area contributed by atoms with Crippen molar-refractivity contribution in [3.05, 3.63) is 53.7 Å². The summed E-state index contributed by atoms with van der Waals surface area (Å²) >= 11 is 0. The molecule has 0 fully saturated rings. The van der Waals surface area contributed by atoms with Gasteiger partial charge in [-0.2, -0.15) is 0 Å². The van der Waals surface area contributed by atoms with Crippen LogP contribution in [0.2, 0.25) is 0 Å². The lowest BCUT2D eigenvalue weighted by Gasteiger charge is -2.19. The molecule has 5 heteroatoms. The Morgan fingerprint density at radius 3 is 2.72 bits per heavy atom. The Hall–Kier alpha value is -2.40. The number of pyridine rings is 1. The average molecular weight is 338 g/mol. The molecule has 0 bridgehead atoms. The van der Waals surface area contributed by atoms with Gasteiger partial charge in [0.1, 0.15) is 5.82 Å². The van der Waals surface area contributed by atoms with Crippen molar-refractivity contribution in [1.82, 2.24) is 15.2 Å². The molecule has 1 aromatic carbocycles. The number of rotatable bonds is 7. The van der Waals surface area contributed by atoms with Gasteiger partial charge in [-0.15, -0.1) is 0 Å². The quantitative estimate of drug-likeness (QED) is 0.843. The summed E-state index contributed by atoms with van der Waals surface area (Å²) in [5, 5.41) is 2.97. The molecule has 0 radical (unpaired) electrons. The van der Waals surface area contributed by atoms with Crippen LogP contribution >= 0.6 is 0 Å². The molecule has 5 nitrogen and oxygen atoms in total. The number of benzene rings is 1. The van der Waals surface area contributed by atoms with Crippen LogP contribution in [0.3, 0.4) is 0 Å². The maximum Gasteiger partial charge on any atom is 0.252 e. The van der Waals surface area contributed by atoms with Crippen molar-refractivity contribution >= 4 is 17.4 Å². The van der Waals surface area contributed by atoms with Crippen LogP contribution in [-0.4, -0.2) is 48.5 Å². The molecule has 0 saturated carbocycles. The summed E-state index contributed by atoms with van der Waals surface area (Å²) in [7, 11) is 0. The maximum atomic E-state index is 12.3. The van der Waals surface area contributed by atoms with Gasteiger partial charge < -0.3 is 15.1 Å². The molecule has 2 aromatic rings. The number of carbonyl (C=O) groups is 1. The minimum absolute atomic E-state index is 0.0620. The van der Waals surface area contributed by atoms with Crippen molar-refractivity contribution in [3.63, 3.8) is 0 Å². The smallest absolute Gasteiger partial charge is 0.252 e. The van der Waals surface area contributed by atoms with E-state index in [9.17, 15) is 4.79 Å². The van der Waals surface area contributed by atoms with Gasteiger partial charge in [0.2, 0.25) is 0 Å². The number of para-hydroxylation sites is 1. The van der Waals surface area contributed by atoms with E-state index in [1.54, 1.807) is 6.20 Å². The Balaban J connectivity index is 1.60. The van der Waals surface area contributed by atoms with Crippen LogP contribution in [-0.2, 0) is 6.42 Å². The number of aromatic nitrogens is 1. The Morgan fingerprint density at radius 2 is 2.00 bits per heavy atom. The third kappa shape index (κ3) is 3.99. The van der Waals surface area contributed by atoms with Crippen molar-refractivity contribution in [2.75, 3.05) is 37.6 Å². The molecule has 0 atom stereocenters. The minimum atomic E-state index is -0.0620. The summed E-state index contributed by atoms with van der Waals surface area (Å²) in [5.74, 6) is 0.831. The number of likely N-dealkylation sites (N-methyl/N-ethyl adjacent to an activating group) is 1. The lowest BCUT2D eigenvalue weighted by molar-refractivity contribution is 0.0948. The molecule has 1 N–H and O–H groups in total. The fraction of sp³-hybridized carbons (Fsp3) is 0.400. The highest BCUT2D eigenvalue weighted by atomic mass is 16.1. The minimum Gasteiger partial charge on any atom is -0.351 e. The second-order valence-electron chi connectivity index (χ2n) is 6.22. The van der Waals surface area contributed by atoms with E-state index in [0.29, 0.717) is 12.1 Å². The van der Waals surface area contributed by atoms with Crippen LogP contribution in [0.15, 0.2) is 42.6 Å². The predicted molar refractivity (Wildman–Crippen MR) is 102 cm³/mol. The largest absolute Gasteiger partial charge is 0.351 e. The van der Waals surface area contributed by atoms with E-state index in [-0.39, 0.29) is 5.91 Å². The van der Waals surface area contributed by atoms with Crippen molar-refractivity contribution in [2.45, 2.75) is 20.3 Å². The predicted octanol–water partition coefficient (Wildman–Crippen LogP) is 2.85. The fourth-order valence-corrected chi connectivity index (χ4v) is 3.23. The fourth-order valence-electron chi connectivity index (χ4n) is 3.23. The van der Waals surface area contributed by atoms with Crippen LogP contribution in [0.1, 0.15) is 29.8 Å². The summed E-state index contributed by atoms with van der Waals surface area (Å²) in [6.07, 6.45) is 2.70. The summed E-state index contributed by atoms with van der Waals surface area (Å²) in [5.41, 5.74) is 3.17. The molecule has 2 heterocycles. The van der Waals surface area contributed by atoms with Crippen molar-refractivity contribution in [2.24, 2.45) is 0 Å². The highest BCUT2D eigenvalue weighted by Gasteiger charge is 2.20. The molecule has 1 aliphatic rings. The van der Waals surface area contributed by atoms with Crippen LogP contribution in [0.4, 0.5) is 11.5 Å². The van der Waals surface area contributed by atoms with Crippen LogP contribution < -0.4 is 10.2 Å². The highest BCUT2D eigenvalue weighted by molar-refractivity contribution is 5.94. The standard InChI is InChI=1S/C20H26N4O/c1-3-23(4-2)14-12-21-20(25)17-9-10-19(22-15-17)24-13-11-16-7-5-6-8-18(16)24/h5-10,15H,3-4,11-14H2,1-2H3,(H,21,25). The normalized spacial score (nSPS) is 13.2. The van der Waals surface area contributed by atoms with Crippen LogP contribution in [0.5, 0.6) is 0 Å². The van der Waals surface area contributed by atoms with Gasteiger partial charge in [0.25, 0.3) is 5.91 Å². The Labute approximate surface area is 149 Å². The van der Waals surface area contributed by atoms with Gasteiger partial charge in [0.15, 0.2) is 0 Å². The first-order valence-electron chi connectivity index (χ1n) is 9.05. The monoisotopic (exact) mass is 338 g/mol. The Morgan fingerprint density at radius 1 is 1.20 bits per heavy atom. The van der Waals surface area contributed by atoms with E-state index < -0.39 is 0 Å². The number of amides is 1. The zero-order chi connectivity index (χ0) is 17.6. The summed E-state index contributed by atoms with van der Waals surface area (Å²) in [6, 6.07) is 12.2. The summed E-state index contributed by atoms with van der Waals surface area (Å²) in [4.78, 5) is 21.3. The first-order valence-corrected chi connectivity index (χ1v) is 9.05. The molecule has 0 aliphatic carbocycles. The van der Waals surface area contributed by atoms with Gasteiger partial charge in [-0.3, -0.25) is 4.79 Å². The second kappa shape index (κ2) is 8.12. The topological polar surface area (TPSA) is 48.5 Å². The Bertz CT molecular complexity index is 710. The number of anilines is 2. The van der Waals surface area contributed by atoms with Crippen LogP contribution in [0, 0.1) is 0 Å².